The summed E-state index contributed by atoms with van der Waals surface area (Å²) in [5.41, 5.74) is 6.20. The topological polar surface area (TPSA) is 103 Å². The first-order valence-corrected chi connectivity index (χ1v) is 8.05. The van der Waals surface area contributed by atoms with E-state index in [0.29, 0.717) is 36.3 Å². The van der Waals surface area contributed by atoms with Gasteiger partial charge in [-0.2, -0.15) is 0 Å². The summed E-state index contributed by atoms with van der Waals surface area (Å²) >= 11 is 0. The van der Waals surface area contributed by atoms with Crippen LogP contribution in [0.2, 0.25) is 0 Å². The predicted octanol–water partition coefficient (Wildman–Crippen LogP) is 1.07. The summed E-state index contributed by atoms with van der Waals surface area (Å²) in [7, 11) is 0. The second-order valence-corrected chi connectivity index (χ2v) is 7.31. The van der Waals surface area contributed by atoms with E-state index in [1.165, 1.54) is 4.90 Å². The minimum atomic E-state index is -0.812. The summed E-state index contributed by atoms with van der Waals surface area (Å²) in [6, 6.07) is 0. The third-order valence-corrected chi connectivity index (χ3v) is 4.64. The van der Waals surface area contributed by atoms with Crippen LogP contribution in [-0.2, 0) is 16.0 Å². The van der Waals surface area contributed by atoms with Crippen LogP contribution in [0.3, 0.4) is 0 Å². The number of primary amides is 1. The van der Waals surface area contributed by atoms with Crippen LogP contribution in [0.5, 0.6) is 0 Å². The molecule has 2 amide bonds. The van der Waals surface area contributed by atoms with E-state index in [-0.39, 0.29) is 36.0 Å². The number of amides is 2. The summed E-state index contributed by atoms with van der Waals surface area (Å²) in [6.45, 7) is 6.44. The summed E-state index contributed by atoms with van der Waals surface area (Å²) in [5.74, 6) is -0.159. The zero-order valence-electron chi connectivity index (χ0n) is 14.2. The molecule has 2 N–H and O–H groups in total. The largest absolute Gasteiger partial charge is 0.455 e. The van der Waals surface area contributed by atoms with E-state index in [0.717, 1.165) is 0 Å². The number of ether oxygens (including phenoxy) is 1. The number of rotatable bonds is 2. The molecule has 2 aliphatic rings. The van der Waals surface area contributed by atoms with Crippen LogP contribution in [0.1, 0.15) is 52.5 Å². The highest BCUT2D eigenvalue weighted by Gasteiger charge is 2.38. The van der Waals surface area contributed by atoms with Gasteiger partial charge >= 0.3 is 0 Å². The lowest BCUT2D eigenvalue weighted by Crippen LogP contribution is -2.50. The molecule has 0 radical (unpaired) electrons. The fourth-order valence-corrected chi connectivity index (χ4v) is 3.44. The fourth-order valence-electron chi connectivity index (χ4n) is 3.44. The normalized spacial score (nSPS) is 23.0. The number of ketones is 1. The number of hydrogen-bond donors (Lipinski definition) is 1. The number of morpholine rings is 1. The molecule has 130 valence electrons. The molecule has 0 spiro atoms. The Morgan fingerprint density at radius 3 is 2.67 bits per heavy atom. The van der Waals surface area contributed by atoms with E-state index < -0.39 is 12.0 Å². The van der Waals surface area contributed by atoms with E-state index in [1.807, 2.05) is 13.8 Å². The Morgan fingerprint density at radius 2 is 2.00 bits per heavy atom. The number of nitrogens with zero attached hydrogens (tertiary/aromatic N) is 1. The average Bonchev–Trinajstić information content (AvgIpc) is 2.82. The monoisotopic (exact) mass is 334 g/mol. The number of furan rings is 1. The van der Waals surface area contributed by atoms with Crippen LogP contribution in [0, 0.1) is 12.3 Å². The van der Waals surface area contributed by atoms with Crippen LogP contribution in [0.15, 0.2) is 4.42 Å². The predicted molar refractivity (Wildman–Crippen MR) is 84.7 cm³/mol. The second kappa shape index (κ2) is 5.73. The lowest BCUT2D eigenvalue weighted by molar-refractivity contribution is -0.133. The summed E-state index contributed by atoms with van der Waals surface area (Å²) in [5, 5.41) is 0. The average molecular weight is 334 g/mol. The van der Waals surface area contributed by atoms with Gasteiger partial charge in [-0.3, -0.25) is 14.4 Å². The van der Waals surface area contributed by atoms with Crippen molar-refractivity contribution < 1.29 is 23.5 Å². The molecule has 1 aliphatic heterocycles. The molecular formula is C17H22N2O5. The van der Waals surface area contributed by atoms with Gasteiger partial charge in [0, 0.05) is 24.9 Å². The van der Waals surface area contributed by atoms with Crippen molar-refractivity contribution >= 4 is 17.6 Å². The Hall–Kier alpha value is -2.15. The Kier molecular flexibility index (Phi) is 3.99. The minimum absolute atomic E-state index is 0.0125. The highest BCUT2D eigenvalue weighted by atomic mass is 16.5. The number of nitrogens with two attached hydrogens (primary N) is 1. The Bertz CT molecular complexity index is 719. The minimum Gasteiger partial charge on any atom is -0.455 e. The molecule has 0 aromatic carbocycles. The molecule has 1 aromatic heterocycles. The van der Waals surface area contributed by atoms with Crippen LogP contribution >= 0.6 is 0 Å². The molecule has 0 saturated carbocycles. The zero-order valence-corrected chi connectivity index (χ0v) is 14.2. The van der Waals surface area contributed by atoms with Crippen molar-refractivity contribution in [2.75, 3.05) is 19.7 Å². The maximum absolute atomic E-state index is 12.8. The van der Waals surface area contributed by atoms with Crippen LogP contribution in [0.25, 0.3) is 0 Å². The molecule has 0 unspecified atom stereocenters. The number of carbonyl (C=O) groups excluding carboxylic acids is 3. The molecular weight excluding hydrogens is 312 g/mol. The maximum Gasteiger partial charge on any atom is 0.290 e. The van der Waals surface area contributed by atoms with Gasteiger partial charge in [0.2, 0.25) is 5.91 Å². The molecule has 24 heavy (non-hydrogen) atoms. The van der Waals surface area contributed by atoms with Gasteiger partial charge < -0.3 is 19.8 Å². The zero-order chi connectivity index (χ0) is 17.6. The van der Waals surface area contributed by atoms with E-state index in [2.05, 4.69) is 0 Å². The molecule has 7 heteroatoms. The third kappa shape index (κ3) is 2.84. The van der Waals surface area contributed by atoms with E-state index in [1.54, 1.807) is 6.92 Å². The van der Waals surface area contributed by atoms with Crippen LogP contribution in [-0.4, -0.2) is 48.3 Å². The van der Waals surface area contributed by atoms with Gasteiger partial charge in [0.1, 0.15) is 5.76 Å². The Morgan fingerprint density at radius 1 is 1.29 bits per heavy atom. The smallest absolute Gasteiger partial charge is 0.290 e. The molecule has 2 heterocycles. The number of carbonyl (C=O) groups is 3. The van der Waals surface area contributed by atoms with Crippen molar-refractivity contribution in [3.63, 3.8) is 0 Å². The van der Waals surface area contributed by atoms with Gasteiger partial charge in [0.05, 0.1) is 18.7 Å². The lowest BCUT2D eigenvalue weighted by Gasteiger charge is -2.30. The molecule has 3 rings (SSSR count). The van der Waals surface area contributed by atoms with Crippen molar-refractivity contribution in [1.29, 1.82) is 0 Å². The van der Waals surface area contributed by atoms with Crippen molar-refractivity contribution in [2.45, 2.75) is 39.7 Å². The van der Waals surface area contributed by atoms with E-state index in [4.69, 9.17) is 14.9 Å². The van der Waals surface area contributed by atoms with E-state index in [9.17, 15) is 14.4 Å². The SMILES string of the molecule is Cc1c(C(=O)N2CCO[C@H](C(N)=O)C2)oc2c1C(=O)CC(C)(C)C2. The molecule has 0 bridgehead atoms. The first-order valence-electron chi connectivity index (χ1n) is 8.05. The fraction of sp³-hybridized carbons (Fsp3) is 0.588. The summed E-state index contributed by atoms with van der Waals surface area (Å²) < 4.78 is 11.0. The highest BCUT2D eigenvalue weighted by Crippen LogP contribution is 2.38. The first kappa shape index (κ1) is 16.7. The molecule has 7 nitrogen and oxygen atoms in total. The van der Waals surface area contributed by atoms with Crippen molar-refractivity contribution in [2.24, 2.45) is 11.1 Å². The van der Waals surface area contributed by atoms with Gasteiger partial charge in [-0.05, 0) is 12.3 Å². The maximum atomic E-state index is 12.8. The molecule has 1 fully saturated rings. The van der Waals surface area contributed by atoms with Gasteiger partial charge in [-0.1, -0.05) is 13.8 Å². The summed E-state index contributed by atoms with van der Waals surface area (Å²) in [6.07, 6.45) is 0.248. The Labute approximate surface area is 140 Å². The molecule has 1 aromatic rings. The van der Waals surface area contributed by atoms with Gasteiger partial charge in [0.25, 0.3) is 5.91 Å². The molecule has 1 saturated heterocycles. The van der Waals surface area contributed by atoms with Crippen LogP contribution < -0.4 is 5.73 Å². The third-order valence-electron chi connectivity index (χ3n) is 4.64. The number of hydrogen-bond acceptors (Lipinski definition) is 5. The first-order chi connectivity index (χ1) is 11.2. The number of fused-ring (bicyclic) bond motifs is 1. The van der Waals surface area contributed by atoms with Gasteiger partial charge in [-0.15, -0.1) is 0 Å². The van der Waals surface area contributed by atoms with Gasteiger partial charge in [-0.25, -0.2) is 0 Å². The summed E-state index contributed by atoms with van der Waals surface area (Å²) in [4.78, 5) is 38.0. The van der Waals surface area contributed by atoms with Crippen LogP contribution in [0.4, 0.5) is 0 Å². The Balaban J connectivity index is 1.89. The quantitative estimate of drug-likeness (QED) is 0.871. The second-order valence-electron chi connectivity index (χ2n) is 7.31. The van der Waals surface area contributed by atoms with Gasteiger partial charge in [0.15, 0.2) is 17.6 Å². The van der Waals surface area contributed by atoms with Crippen molar-refractivity contribution in [3.05, 3.63) is 22.6 Å². The highest BCUT2D eigenvalue weighted by molar-refractivity contribution is 6.03. The van der Waals surface area contributed by atoms with Crippen molar-refractivity contribution in [1.82, 2.24) is 4.90 Å². The molecule has 1 aliphatic carbocycles. The lowest BCUT2D eigenvalue weighted by atomic mass is 9.76. The molecule has 1 atom stereocenters. The van der Waals surface area contributed by atoms with Crippen molar-refractivity contribution in [3.8, 4) is 0 Å². The number of Topliss-reactive ketones (excluding diaryl/α,β-unsaturated/α-hetero) is 1. The van der Waals surface area contributed by atoms with E-state index >= 15 is 0 Å². The standard InChI is InChI=1S/C17H22N2O5/c1-9-13-10(20)6-17(2,3)7-11(13)24-14(9)16(22)19-4-5-23-12(8-19)15(18)21/h12H,4-8H2,1-3H3,(H2,18,21)/t12-/m0/s1.